The molecule has 0 spiro atoms. The van der Waals surface area contributed by atoms with Gasteiger partial charge in [0.15, 0.2) is 0 Å². The monoisotopic (exact) mass is 354 g/mol. The smallest absolute Gasteiger partial charge is 0.263 e. The number of aromatic nitrogens is 1. The van der Waals surface area contributed by atoms with Crippen LogP contribution < -0.4 is 10.9 Å². The second-order valence-electron chi connectivity index (χ2n) is 5.46. The van der Waals surface area contributed by atoms with Crippen LogP contribution in [0, 0.1) is 0 Å². The van der Waals surface area contributed by atoms with Crippen molar-refractivity contribution in [1.29, 1.82) is 0 Å². The number of anilines is 1. The predicted octanol–water partition coefficient (Wildman–Crippen LogP) is 3.51. The van der Waals surface area contributed by atoms with Crippen molar-refractivity contribution in [2.75, 3.05) is 5.32 Å². The molecule has 0 fully saturated rings. The summed E-state index contributed by atoms with van der Waals surface area (Å²) in [5.41, 5.74) is 0.674. The van der Waals surface area contributed by atoms with E-state index >= 15 is 0 Å². The molecule has 5 nitrogen and oxygen atoms in total. The van der Waals surface area contributed by atoms with Gasteiger partial charge < -0.3 is 15.0 Å². The number of aromatic hydroxyl groups is 1. The Bertz CT molecular complexity index is 968. The van der Waals surface area contributed by atoms with E-state index in [9.17, 15) is 14.7 Å². The van der Waals surface area contributed by atoms with Crippen LogP contribution in [0.4, 0.5) is 5.69 Å². The number of hydrogen-bond acceptors (Lipinski definition) is 3. The first kappa shape index (κ1) is 16.8. The minimum absolute atomic E-state index is 0.0159. The summed E-state index contributed by atoms with van der Waals surface area (Å²) in [6.45, 7) is 0.364. The molecule has 0 atom stereocenters. The number of benzene rings is 2. The lowest BCUT2D eigenvalue weighted by Crippen LogP contribution is -2.29. The van der Waals surface area contributed by atoms with Crippen molar-refractivity contribution in [3.63, 3.8) is 0 Å². The summed E-state index contributed by atoms with van der Waals surface area (Å²) in [5.74, 6) is -0.733. The van der Waals surface area contributed by atoms with Crippen molar-refractivity contribution in [3.8, 4) is 5.75 Å². The Hall–Kier alpha value is -3.05. The molecule has 1 aromatic heterocycles. The molecule has 126 valence electrons. The molecule has 0 aliphatic heterocycles. The molecular weight excluding hydrogens is 340 g/mol. The van der Waals surface area contributed by atoms with E-state index in [-0.39, 0.29) is 17.0 Å². The summed E-state index contributed by atoms with van der Waals surface area (Å²) in [4.78, 5) is 25.0. The van der Waals surface area contributed by atoms with Gasteiger partial charge in [0, 0.05) is 11.2 Å². The third kappa shape index (κ3) is 3.89. The highest BCUT2D eigenvalue weighted by molar-refractivity contribution is 6.31. The Balaban J connectivity index is 1.87. The van der Waals surface area contributed by atoms with Crippen molar-refractivity contribution in [2.24, 2.45) is 0 Å². The molecule has 3 rings (SSSR count). The summed E-state index contributed by atoms with van der Waals surface area (Å²) in [6.07, 6.45) is 1.63. The van der Waals surface area contributed by atoms with Gasteiger partial charge in [-0.05, 0) is 35.9 Å². The lowest BCUT2D eigenvalue weighted by atomic mass is 10.2. The highest BCUT2D eigenvalue weighted by Gasteiger charge is 2.14. The van der Waals surface area contributed by atoms with E-state index in [0.717, 1.165) is 5.56 Å². The standard InChI is InChI=1S/C19H15ClN2O3/c20-14-8-9-17(23)16(11-14)21-18(24)15-7-4-10-22(19(15)25)12-13-5-2-1-3-6-13/h1-11,23H,12H2,(H,21,24). The number of halogens is 1. The number of nitrogens with one attached hydrogen (secondary N) is 1. The number of phenolic OH excluding ortho intramolecular Hbond substituents is 1. The van der Waals surface area contributed by atoms with Crippen LogP contribution in [0.5, 0.6) is 5.75 Å². The SMILES string of the molecule is O=C(Nc1cc(Cl)ccc1O)c1cccn(Cc2ccccc2)c1=O. The van der Waals surface area contributed by atoms with Crippen LogP contribution in [0.3, 0.4) is 0 Å². The zero-order chi connectivity index (χ0) is 17.8. The summed E-state index contributed by atoms with van der Waals surface area (Å²) >= 11 is 5.86. The van der Waals surface area contributed by atoms with Crippen LogP contribution in [0.25, 0.3) is 0 Å². The molecule has 25 heavy (non-hydrogen) atoms. The Morgan fingerprint density at radius 3 is 2.60 bits per heavy atom. The van der Waals surface area contributed by atoms with E-state index < -0.39 is 11.5 Å². The van der Waals surface area contributed by atoms with E-state index in [4.69, 9.17) is 11.6 Å². The summed E-state index contributed by atoms with van der Waals surface area (Å²) < 4.78 is 1.46. The van der Waals surface area contributed by atoms with Crippen LogP contribution in [0.15, 0.2) is 71.7 Å². The number of amides is 1. The average Bonchev–Trinajstić information content (AvgIpc) is 2.61. The van der Waals surface area contributed by atoms with Crippen LogP contribution in [-0.2, 0) is 6.54 Å². The van der Waals surface area contributed by atoms with Crippen molar-refractivity contribution in [1.82, 2.24) is 4.57 Å². The third-order valence-electron chi connectivity index (χ3n) is 3.67. The van der Waals surface area contributed by atoms with Gasteiger partial charge >= 0.3 is 0 Å². The Morgan fingerprint density at radius 2 is 1.84 bits per heavy atom. The quantitative estimate of drug-likeness (QED) is 0.704. The van der Waals surface area contributed by atoms with Crippen molar-refractivity contribution >= 4 is 23.2 Å². The first-order chi connectivity index (χ1) is 12.0. The van der Waals surface area contributed by atoms with Crippen molar-refractivity contribution < 1.29 is 9.90 Å². The Labute approximate surface area is 149 Å². The molecule has 1 amide bonds. The van der Waals surface area contributed by atoms with Crippen LogP contribution in [0.2, 0.25) is 5.02 Å². The number of carbonyl (C=O) groups excluding carboxylic acids is 1. The largest absolute Gasteiger partial charge is 0.506 e. The number of phenols is 1. The lowest BCUT2D eigenvalue weighted by Gasteiger charge is -2.10. The number of pyridine rings is 1. The second kappa shape index (κ2) is 7.23. The van der Waals surface area contributed by atoms with E-state index in [1.807, 2.05) is 30.3 Å². The zero-order valence-electron chi connectivity index (χ0n) is 13.1. The Morgan fingerprint density at radius 1 is 1.08 bits per heavy atom. The second-order valence-corrected chi connectivity index (χ2v) is 5.89. The fraction of sp³-hybridized carbons (Fsp3) is 0.0526. The lowest BCUT2D eigenvalue weighted by molar-refractivity contribution is 0.102. The summed E-state index contributed by atoms with van der Waals surface area (Å²) in [7, 11) is 0. The number of rotatable bonds is 4. The molecule has 0 aliphatic carbocycles. The highest BCUT2D eigenvalue weighted by atomic mass is 35.5. The average molecular weight is 355 g/mol. The summed E-state index contributed by atoms with van der Waals surface area (Å²) in [6, 6.07) is 16.9. The molecular formula is C19H15ClN2O3. The molecule has 0 saturated carbocycles. The van der Waals surface area contributed by atoms with Gasteiger partial charge in [0.25, 0.3) is 11.5 Å². The predicted molar refractivity (Wildman–Crippen MR) is 97.3 cm³/mol. The topological polar surface area (TPSA) is 71.3 Å². The fourth-order valence-corrected chi connectivity index (χ4v) is 2.58. The molecule has 0 unspecified atom stereocenters. The molecule has 6 heteroatoms. The van der Waals surface area contributed by atoms with E-state index in [1.54, 1.807) is 12.3 Å². The van der Waals surface area contributed by atoms with Gasteiger partial charge in [-0.3, -0.25) is 9.59 Å². The molecule has 0 radical (unpaired) electrons. The third-order valence-corrected chi connectivity index (χ3v) is 3.90. The Kier molecular flexibility index (Phi) is 4.86. The highest BCUT2D eigenvalue weighted by Crippen LogP contribution is 2.26. The molecule has 2 N–H and O–H groups in total. The maximum atomic E-state index is 12.6. The number of carbonyl (C=O) groups is 1. The maximum absolute atomic E-state index is 12.6. The number of nitrogens with zero attached hydrogens (tertiary/aromatic N) is 1. The molecule has 3 aromatic rings. The van der Waals surface area contributed by atoms with Crippen LogP contribution in [-0.4, -0.2) is 15.6 Å². The molecule has 0 aliphatic rings. The van der Waals surface area contributed by atoms with Crippen molar-refractivity contribution in [3.05, 3.63) is 93.4 Å². The fourth-order valence-electron chi connectivity index (χ4n) is 2.41. The van der Waals surface area contributed by atoms with Gasteiger partial charge in [-0.1, -0.05) is 41.9 Å². The van der Waals surface area contributed by atoms with Gasteiger partial charge in [0.05, 0.1) is 12.2 Å². The van der Waals surface area contributed by atoms with Crippen molar-refractivity contribution in [2.45, 2.75) is 6.54 Å². The minimum Gasteiger partial charge on any atom is -0.506 e. The van der Waals surface area contributed by atoms with Gasteiger partial charge in [-0.2, -0.15) is 0 Å². The van der Waals surface area contributed by atoms with Gasteiger partial charge in [0.2, 0.25) is 0 Å². The molecule has 2 aromatic carbocycles. The molecule has 0 bridgehead atoms. The van der Waals surface area contributed by atoms with Gasteiger partial charge in [-0.25, -0.2) is 0 Å². The maximum Gasteiger partial charge on any atom is 0.263 e. The summed E-state index contributed by atoms with van der Waals surface area (Å²) in [5, 5.41) is 12.7. The van der Waals surface area contributed by atoms with Crippen LogP contribution in [0.1, 0.15) is 15.9 Å². The minimum atomic E-state index is -0.607. The molecule has 0 saturated heterocycles. The van der Waals surface area contributed by atoms with Gasteiger partial charge in [-0.15, -0.1) is 0 Å². The van der Waals surface area contributed by atoms with Gasteiger partial charge in [0.1, 0.15) is 11.3 Å². The van der Waals surface area contributed by atoms with E-state index in [2.05, 4.69) is 5.32 Å². The number of hydrogen-bond donors (Lipinski definition) is 2. The molecule has 1 heterocycles. The van der Waals surface area contributed by atoms with Crippen LogP contribution >= 0.6 is 11.6 Å². The van der Waals surface area contributed by atoms with E-state index in [0.29, 0.717) is 11.6 Å². The first-order valence-corrected chi connectivity index (χ1v) is 7.95. The normalized spacial score (nSPS) is 10.4. The van der Waals surface area contributed by atoms with E-state index in [1.165, 1.54) is 28.8 Å². The zero-order valence-corrected chi connectivity index (χ0v) is 13.9. The first-order valence-electron chi connectivity index (χ1n) is 7.58.